The zero-order chi connectivity index (χ0) is 30.6. The highest BCUT2D eigenvalue weighted by Gasteiger charge is 2.43. The molecule has 2 fully saturated rings. The maximum absolute atomic E-state index is 13.6. The molecule has 0 aliphatic carbocycles. The minimum atomic E-state index is -0.617. The highest BCUT2D eigenvalue weighted by molar-refractivity contribution is 6.22. The minimum absolute atomic E-state index is 0.0501. The summed E-state index contributed by atoms with van der Waals surface area (Å²) in [5.74, 6) is -0.601. The van der Waals surface area contributed by atoms with E-state index in [2.05, 4.69) is 0 Å². The highest BCUT2D eigenvalue weighted by Crippen LogP contribution is 2.28. The van der Waals surface area contributed by atoms with E-state index in [0.29, 0.717) is 43.4 Å². The predicted molar refractivity (Wildman–Crippen MR) is 157 cm³/mol. The fourth-order valence-electron chi connectivity index (χ4n) is 5.85. The first-order valence-electron chi connectivity index (χ1n) is 13.9. The Labute approximate surface area is 245 Å². The summed E-state index contributed by atoms with van der Waals surface area (Å²) >= 11 is 0. The number of rotatable bonds is 6. The van der Waals surface area contributed by atoms with Gasteiger partial charge in [-0.15, -0.1) is 0 Å². The largest absolute Gasteiger partial charge is 0.340 e. The third-order valence-corrected chi connectivity index (χ3v) is 8.27. The van der Waals surface area contributed by atoms with Crippen LogP contribution >= 0.6 is 0 Å². The monoisotopic (exact) mass is 587 g/mol. The van der Waals surface area contributed by atoms with Crippen LogP contribution in [0.15, 0.2) is 58.1 Å². The zero-order valence-corrected chi connectivity index (χ0v) is 24.0. The van der Waals surface area contributed by atoms with Gasteiger partial charge in [0.2, 0.25) is 11.9 Å². The molecule has 2 aromatic carbocycles. The number of Topliss-reactive ketones (excluding diaryl/α,β-unsaturated/α-hetero) is 1. The second-order valence-electron chi connectivity index (χ2n) is 10.9. The summed E-state index contributed by atoms with van der Waals surface area (Å²) in [6.45, 7) is 3.50. The number of ketones is 1. The summed E-state index contributed by atoms with van der Waals surface area (Å²) in [6, 6.07) is 11.8. The third kappa shape index (κ3) is 4.84. The number of carbonyl (C=O) groups excluding carboxylic acids is 3. The van der Waals surface area contributed by atoms with Crippen LogP contribution in [0.3, 0.4) is 0 Å². The highest BCUT2D eigenvalue weighted by atomic mass is 19.1. The van der Waals surface area contributed by atoms with Crippen molar-refractivity contribution in [3.63, 3.8) is 0 Å². The number of piperazine rings is 1. The van der Waals surface area contributed by atoms with Gasteiger partial charge < -0.3 is 4.90 Å². The molecule has 1 unspecified atom stereocenters. The van der Waals surface area contributed by atoms with Crippen LogP contribution in [0, 0.1) is 5.82 Å². The van der Waals surface area contributed by atoms with Gasteiger partial charge in [0.1, 0.15) is 5.82 Å². The standard InChI is InChI=1S/C30H30FN7O5/c1-18(39)20-6-10-22(11-7-20)38-24(40)16-23(27(38)41)35-12-14-36(15-13-35)29-32-26-25(28(42)34(3)30(43)33(26)2)37(29)17-19-4-8-21(31)9-5-19/h4-11,23H,12-17H2,1-3H3. The Bertz CT molecular complexity index is 1880. The lowest BCUT2D eigenvalue weighted by molar-refractivity contribution is -0.123. The smallest absolute Gasteiger partial charge is 0.332 e. The molecule has 4 aromatic rings. The van der Waals surface area contributed by atoms with E-state index >= 15 is 0 Å². The maximum atomic E-state index is 13.6. The summed E-state index contributed by atoms with van der Waals surface area (Å²) in [6.07, 6.45) is 0.0501. The zero-order valence-electron chi connectivity index (χ0n) is 24.0. The lowest BCUT2D eigenvalue weighted by Crippen LogP contribution is -2.53. The molecule has 13 heteroatoms. The van der Waals surface area contributed by atoms with Crippen molar-refractivity contribution < 1.29 is 18.8 Å². The molecule has 2 aliphatic rings. The van der Waals surface area contributed by atoms with Crippen LogP contribution in [-0.2, 0) is 30.2 Å². The molecule has 43 heavy (non-hydrogen) atoms. The van der Waals surface area contributed by atoms with Crippen molar-refractivity contribution in [2.45, 2.75) is 25.9 Å². The number of fused-ring (bicyclic) bond motifs is 1. The normalized spacial score (nSPS) is 17.8. The summed E-state index contributed by atoms with van der Waals surface area (Å²) in [5.41, 5.74) is 1.21. The van der Waals surface area contributed by atoms with Crippen molar-refractivity contribution in [1.29, 1.82) is 0 Å². The molecule has 6 rings (SSSR count). The molecule has 0 spiro atoms. The molecule has 2 aromatic heterocycles. The summed E-state index contributed by atoms with van der Waals surface area (Å²) in [4.78, 5) is 73.7. The number of nitrogens with zero attached hydrogens (tertiary/aromatic N) is 7. The Hall–Kier alpha value is -4.91. The molecule has 0 radical (unpaired) electrons. The lowest BCUT2D eigenvalue weighted by atomic mass is 10.1. The van der Waals surface area contributed by atoms with Gasteiger partial charge in [-0.25, -0.2) is 14.1 Å². The molecule has 4 heterocycles. The van der Waals surface area contributed by atoms with E-state index in [0.717, 1.165) is 10.1 Å². The number of carbonyl (C=O) groups is 3. The molecular formula is C30H30FN7O5. The number of aromatic nitrogens is 4. The third-order valence-electron chi connectivity index (χ3n) is 8.27. The van der Waals surface area contributed by atoms with Crippen molar-refractivity contribution >= 4 is 40.4 Å². The SMILES string of the molecule is CC(=O)c1ccc(N2C(=O)CC(N3CCN(c4nc5c(c(=O)n(C)c(=O)n5C)n4Cc4ccc(F)cc4)CC3)C2=O)cc1. The first-order valence-corrected chi connectivity index (χ1v) is 13.9. The quantitative estimate of drug-likeness (QED) is 0.244. The van der Waals surface area contributed by atoms with E-state index < -0.39 is 17.3 Å². The van der Waals surface area contributed by atoms with E-state index in [9.17, 15) is 28.4 Å². The Balaban J connectivity index is 1.26. The number of benzene rings is 2. The molecule has 2 amide bonds. The number of amides is 2. The number of aryl methyl sites for hydroxylation is 1. The van der Waals surface area contributed by atoms with E-state index in [1.165, 1.54) is 35.6 Å². The Morgan fingerprint density at radius 2 is 1.56 bits per heavy atom. The number of hydrogen-bond acceptors (Lipinski definition) is 8. The fourth-order valence-corrected chi connectivity index (χ4v) is 5.85. The van der Waals surface area contributed by atoms with Crippen LogP contribution in [0.4, 0.5) is 16.0 Å². The van der Waals surface area contributed by atoms with E-state index in [-0.39, 0.29) is 47.5 Å². The van der Waals surface area contributed by atoms with E-state index in [4.69, 9.17) is 4.98 Å². The maximum Gasteiger partial charge on any atom is 0.332 e. The van der Waals surface area contributed by atoms with Gasteiger partial charge in [-0.3, -0.25) is 37.8 Å². The Morgan fingerprint density at radius 3 is 2.19 bits per heavy atom. The number of anilines is 2. The topological polar surface area (TPSA) is 123 Å². The van der Waals surface area contributed by atoms with Gasteiger partial charge in [-0.2, -0.15) is 4.98 Å². The second kappa shape index (κ2) is 10.7. The van der Waals surface area contributed by atoms with Gasteiger partial charge >= 0.3 is 5.69 Å². The fraction of sp³-hybridized carbons (Fsp3) is 0.333. The van der Waals surface area contributed by atoms with Crippen molar-refractivity contribution in [2.24, 2.45) is 14.1 Å². The van der Waals surface area contributed by atoms with Gasteiger partial charge in [-0.05, 0) is 48.9 Å². The van der Waals surface area contributed by atoms with Crippen LogP contribution in [0.5, 0.6) is 0 Å². The molecule has 1 atom stereocenters. The lowest BCUT2D eigenvalue weighted by Gasteiger charge is -2.37. The van der Waals surface area contributed by atoms with Crippen molar-refractivity contribution in [3.8, 4) is 0 Å². The van der Waals surface area contributed by atoms with Gasteiger partial charge in [0, 0.05) is 45.8 Å². The predicted octanol–water partition coefficient (Wildman–Crippen LogP) is 1.28. The average molecular weight is 588 g/mol. The van der Waals surface area contributed by atoms with Crippen LogP contribution in [-0.4, -0.2) is 73.4 Å². The minimum Gasteiger partial charge on any atom is -0.340 e. The first kappa shape index (κ1) is 28.2. The molecule has 0 bridgehead atoms. The van der Waals surface area contributed by atoms with Gasteiger partial charge in [0.05, 0.1) is 24.7 Å². The second-order valence-corrected chi connectivity index (χ2v) is 10.9. The first-order chi connectivity index (χ1) is 20.5. The van der Waals surface area contributed by atoms with Crippen molar-refractivity contribution in [1.82, 2.24) is 23.6 Å². The molecule has 0 N–H and O–H groups in total. The molecule has 12 nitrogen and oxygen atoms in total. The molecule has 2 saturated heterocycles. The summed E-state index contributed by atoms with van der Waals surface area (Å²) in [7, 11) is 2.97. The van der Waals surface area contributed by atoms with Crippen LogP contribution in [0.1, 0.15) is 29.3 Å². The molecule has 2 aliphatic heterocycles. The summed E-state index contributed by atoms with van der Waals surface area (Å²) in [5, 5.41) is 0. The van der Waals surface area contributed by atoms with Gasteiger partial charge in [-0.1, -0.05) is 12.1 Å². The van der Waals surface area contributed by atoms with Crippen molar-refractivity contribution in [3.05, 3.63) is 86.3 Å². The number of halogens is 1. The van der Waals surface area contributed by atoms with Crippen LogP contribution in [0.2, 0.25) is 0 Å². The van der Waals surface area contributed by atoms with Gasteiger partial charge in [0.15, 0.2) is 16.9 Å². The molecule has 222 valence electrons. The molecular weight excluding hydrogens is 557 g/mol. The number of imide groups is 1. The van der Waals surface area contributed by atoms with Crippen LogP contribution < -0.4 is 21.0 Å². The van der Waals surface area contributed by atoms with E-state index in [1.54, 1.807) is 48.0 Å². The van der Waals surface area contributed by atoms with Crippen LogP contribution in [0.25, 0.3) is 11.2 Å². The average Bonchev–Trinajstić information content (AvgIpc) is 3.52. The van der Waals surface area contributed by atoms with Crippen molar-refractivity contribution in [2.75, 3.05) is 36.0 Å². The number of imidazole rings is 1. The number of hydrogen-bond donors (Lipinski definition) is 0. The summed E-state index contributed by atoms with van der Waals surface area (Å²) < 4.78 is 17.7. The van der Waals surface area contributed by atoms with E-state index in [1.807, 2.05) is 9.80 Å². The molecule has 0 saturated carbocycles. The van der Waals surface area contributed by atoms with Gasteiger partial charge in [0.25, 0.3) is 11.5 Å². The Kier molecular flexibility index (Phi) is 7.04. The Morgan fingerprint density at radius 1 is 0.907 bits per heavy atom.